The Labute approximate surface area is 106 Å². The molecule has 1 rings (SSSR count). The SMILES string of the molecule is CNCC(C)S(=O)(=O)Nc1ccc(F)cc1OC. The number of nitrogens with one attached hydrogen (secondary N) is 2. The van der Waals surface area contributed by atoms with Crippen molar-refractivity contribution >= 4 is 15.7 Å². The van der Waals surface area contributed by atoms with E-state index >= 15 is 0 Å². The maximum atomic E-state index is 13.0. The van der Waals surface area contributed by atoms with Crippen LogP contribution in [0.2, 0.25) is 0 Å². The molecule has 0 amide bonds. The Hall–Kier alpha value is -1.34. The van der Waals surface area contributed by atoms with Crippen LogP contribution in [0.3, 0.4) is 0 Å². The van der Waals surface area contributed by atoms with Gasteiger partial charge in [0, 0.05) is 12.6 Å². The molecular weight excluding hydrogens is 259 g/mol. The van der Waals surface area contributed by atoms with Crippen LogP contribution < -0.4 is 14.8 Å². The molecule has 0 fully saturated rings. The van der Waals surface area contributed by atoms with Crippen LogP contribution in [0.25, 0.3) is 0 Å². The van der Waals surface area contributed by atoms with Gasteiger partial charge in [-0.25, -0.2) is 12.8 Å². The average molecular weight is 276 g/mol. The fraction of sp³-hybridized carbons (Fsp3) is 0.455. The first-order valence-corrected chi connectivity index (χ1v) is 6.95. The molecule has 1 unspecified atom stereocenters. The molecule has 2 N–H and O–H groups in total. The minimum atomic E-state index is -3.54. The third-order valence-corrected chi connectivity index (χ3v) is 4.17. The van der Waals surface area contributed by atoms with Crippen LogP contribution in [0.1, 0.15) is 6.92 Å². The lowest BCUT2D eigenvalue weighted by atomic mass is 10.3. The van der Waals surface area contributed by atoms with Crippen LogP contribution in [0.4, 0.5) is 10.1 Å². The van der Waals surface area contributed by atoms with Crippen LogP contribution >= 0.6 is 0 Å². The standard InChI is InChI=1S/C11H17FN2O3S/c1-8(7-13-2)18(15,16)14-10-5-4-9(12)6-11(10)17-3/h4-6,8,13-14H,7H2,1-3H3. The minimum absolute atomic E-state index is 0.148. The number of sulfonamides is 1. The Morgan fingerprint density at radius 2 is 2.11 bits per heavy atom. The molecule has 0 saturated heterocycles. The summed E-state index contributed by atoms with van der Waals surface area (Å²) in [5.74, 6) is -0.340. The summed E-state index contributed by atoms with van der Waals surface area (Å²) in [6.45, 7) is 1.90. The Morgan fingerprint density at radius 3 is 2.67 bits per heavy atom. The molecule has 0 saturated carbocycles. The van der Waals surface area contributed by atoms with Crippen molar-refractivity contribution in [2.45, 2.75) is 12.2 Å². The number of methoxy groups -OCH3 is 1. The van der Waals surface area contributed by atoms with E-state index in [-0.39, 0.29) is 11.4 Å². The van der Waals surface area contributed by atoms with Gasteiger partial charge in [0.2, 0.25) is 10.0 Å². The summed E-state index contributed by atoms with van der Waals surface area (Å²) in [6.07, 6.45) is 0. The molecule has 0 aliphatic carbocycles. The number of ether oxygens (including phenoxy) is 1. The van der Waals surface area contributed by atoms with Crippen molar-refractivity contribution in [3.63, 3.8) is 0 Å². The second-order valence-corrected chi connectivity index (χ2v) is 5.96. The van der Waals surface area contributed by atoms with Crippen LogP contribution in [0, 0.1) is 5.82 Å². The predicted octanol–water partition coefficient (Wildman–Crippen LogP) is 1.18. The molecule has 1 atom stereocenters. The number of hydrogen-bond donors (Lipinski definition) is 2. The first kappa shape index (κ1) is 14.7. The van der Waals surface area contributed by atoms with Crippen molar-refractivity contribution in [1.82, 2.24) is 5.32 Å². The highest BCUT2D eigenvalue weighted by atomic mass is 32.2. The van der Waals surface area contributed by atoms with Gasteiger partial charge in [-0.2, -0.15) is 0 Å². The van der Waals surface area contributed by atoms with E-state index in [1.807, 2.05) is 0 Å². The Bertz CT molecular complexity index is 505. The van der Waals surface area contributed by atoms with Gasteiger partial charge in [0.15, 0.2) is 0 Å². The molecule has 0 aromatic heterocycles. The number of rotatable bonds is 6. The number of benzene rings is 1. The number of halogens is 1. The molecule has 5 nitrogen and oxygen atoms in total. The lowest BCUT2D eigenvalue weighted by Gasteiger charge is -2.16. The molecule has 0 heterocycles. The van der Waals surface area contributed by atoms with E-state index in [9.17, 15) is 12.8 Å². The van der Waals surface area contributed by atoms with Gasteiger partial charge >= 0.3 is 0 Å². The van der Waals surface area contributed by atoms with Crippen molar-refractivity contribution in [3.05, 3.63) is 24.0 Å². The molecule has 1 aromatic rings. The first-order chi connectivity index (χ1) is 8.40. The van der Waals surface area contributed by atoms with Crippen molar-refractivity contribution in [3.8, 4) is 5.75 Å². The van der Waals surface area contributed by atoms with E-state index in [2.05, 4.69) is 10.0 Å². The van der Waals surface area contributed by atoms with E-state index in [0.717, 1.165) is 6.07 Å². The van der Waals surface area contributed by atoms with E-state index in [4.69, 9.17) is 4.74 Å². The average Bonchev–Trinajstić information content (AvgIpc) is 2.31. The number of hydrogen-bond acceptors (Lipinski definition) is 4. The molecule has 102 valence electrons. The number of anilines is 1. The summed E-state index contributed by atoms with van der Waals surface area (Å²) in [6, 6.07) is 3.63. The summed E-state index contributed by atoms with van der Waals surface area (Å²) in [4.78, 5) is 0. The molecule has 1 aromatic carbocycles. The second-order valence-electron chi connectivity index (χ2n) is 3.86. The normalized spacial score (nSPS) is 13.1. The quantitative estimate of drug-likeness (QED) is 0.819. The summed E-state index contributed by atoms with van der Waals surface area (Å²) in [5, 5.41) is 2.17. The van der Waals surface area contributed by atoms with Crippen molar-refractivity contribution in [1.29, 1.82) is 0 Å². The fourth-order valence-corrected chi connectivity index (χ4v) is 2.46. The van der Waals surface area contributed by atoms with E-state index in [0.29, 0.717) is 6.54 Å². The Balaban J connectivity index is 2.97. The van der Waals surface area contributed by atoms with Gasteiger partial charge in [-0.15, -0.1) is 0 Å². The van der Waals surface area contributed by atoms with Crippen molar-refractivity contribution < 1.29 is 17.5 Å². The Morgan fingerprint density at radius 1 is 1.44 bits per heavy atom. The third-order valence-electron chi connectivity index (χ3n) is 2.44. The van der Waals surface area contributed by atoms with Crippen molar-refractivity contribution in [2.75, 3.05) is 25.4 Å². The maximum Gasteiger partial charge on any atom is 0.236 e. The molecule has 0 aliphatic heterocycles. The topological polar surface area (TPSA) is 67.4 Å². The van der Waals surface area contributed by atoms with E-state index in [1.165, 1.54) is 19.2 Å². The van der Waals surface area contributed by atoms with Gasteiger partial charge in [0.1, 0.15) is 11.6 Å². The molecule has 0 spiro atoms. The van der Waals surface area contributed by atoms with Crippen molar-refractivity contribution in [2.24, 2.45) is 0 Å². The van der Waals surface area contributed by atoms with Gasteiger partial charge in [0.25, 0.3) is 0 Å². The highest BCUT2D eigenvalue weighted by Crippen LogP contribution is 2.26. The molecule has 0 bridgehead atoms. The van der Waals surface area contributed by atoms with Gasteiger partial charge in [-0.05, 0) is 26.1 Å². The third kappa shape index (κ3) is 3.58. The zero-order chi connectivity index (χ0) is 13.8. The van der Waals surface area contributed by atoms with E-state index in [1.54, 1.807) is 14.0 Å². The highest BCUT2D eigenvalue weighted by molar-refractivity contribution is 7.93. The molecule has 0 aliphatic rings. The lowest BCUT2D eigenvalue weighted by molar-refractivity contribution is 0.413. The summed E-state index contributed by atoms with van der Waals surface area (Å²) >= 11 is 0. The molecule has 0 radical (unpaired) electrons. The highest BCUT2D eigenvalue weighted by Gasteiger charge is 2.21. The molecule has 7 heteroatoms. The predicted molar refractivity (Wildman–Crippen MR) is 68.9 cm³/mol. The zero-order valence-corrected chi connectivity index (χ0v) is 11.3. The molecule has 18 heavy (non-hydrogen) atoms. The van der Waals surface area contributed by atoms with Gasteiger partial charge in [-0.1, -0.05) is 0 Å². The second kappa shape index (κ2) is 6.01. The monoisotopic (exact) mass is 276 g/mol. The Kier molecular flexibility index (Phi) is 4.92. The summed E-state index contributed by atoms with van der Waals surface area (Å²) in [7, 11) is -0.514. The zero-order valence-electron chi connectivity index (χ0n) is 10.5. The van der Waals surface area contributed by atoms with Gasteiger partial charge < -0.3 is 10.1 Å². The van der Waals surface area contributed by atoms with Gasteiger partial charge in [0.05, 0.1) is 18.0 Å². The minimum Gasteiger partial charge on any atom is -0.494 e. The fourth-order valence-electron chi connectivity index (χ4n) is 1.40. The first-order valence-electron chi connectivity index (χ1n) is 5.40. The summed E-state index contributed by atoms with van der Waals surface area (Å²) < 4.78 is 44.2. The molecular formula is C11H17FN2O3S. The van der Waals surface area contributed by atoms with Gasteiger partial charge in [-0.3, -0.25) is 4.72 Å². The lowest BCUT2D eigenvalue weighted by Crippen LogP contribution is -2.33. The van der Waals surface area contributed by atoms with Crippen LogP contribution in [0.5, 0.6) is 5.75 Å². The largest absolute Gasteiger partial charge is 0.494 e. The van der Waals surface area contributed by atoms with E-state index < -0.39 is 21.1 Å². The van der Waals surface area contributed by atoms with Crippen LogP contribution in [-0.4, -0.2) is 34.4 Å². The van der Waals surface area contributed by atoms with Crippen LogP contribution in [0.15, 0.2) is 18.2 Å². The summed E-state index contributed by atoms with van der Waals surface area (Å²) in [5.41, 5.74) is 0.224. The van der Waals surface area contributed by atoms with Crippen LogP contribution in [-0.2, 0) is 10.0 Å². The smallest absolute Gasteiger partial charge is 0.236 e. The maximum absolute atomic E-state index is 13.0.